The third-order valence-electron chi connectivity index (χ3n) is 7.81. The minimum atomic E-state index is -3.83. The van der Waals surface area contributed by atoms with E-state index in [0.29, 0.717) is 18.4 Å². The first-order valence-corrected chi connectivity index (χ1v) is 14.3. The van der Waals surface area contributed by atoms with Crippen molar-refractivity contribution in [2.45, 2.75) is 48.5 Å². The van der Waals surface area contributed by atoms with Gasteiger partial charge in [0.05, 0.1) is 29.2 Å². The molecule has 3 aromatic rings. The number of aromatic amines is 1. The third kappa shape index (κ3) is 4.73. The lowest BCUT2D eigenvalue weighted by Gasteiger charge is -2.44. The molecular weight excluding hydrogens is 544 g/mol. The first kappa shape index (κ1) is 27.7. The van der Waals surface area contributed by atoms with Crippen molar-refractivity contribution in [1.29, 1.82) is 5.26 Å². The first-order chi connectivity index (χ1) is 18.9. The Morgan fingerprint density at radius 3 is 2.52 bits per heavy atom. The third-order valence-corrected chi connectivity index (χ3v) is 9.68. The maximum atomic E-state index is 13.3. The average molecular weight is 574 g/mol. The van der Waals surface area contributed by atoms with Crippen LogP contribution in [0.3, 0.4) is 0 Å². The highest BCUT2D eigenvalue weighted by Gasteiger charge is 2.51. The number of rotatable bonds is 7. The van der Waals surface area contributed by atoms with Crippen LogP contribution in [0.25, 0.3) is 10.9 Å². The van der Waals surface area contributed by atoms with E-state index >= 15 is 0 Å². The number of hydrogen-bond acceptors (Lipinski definition) is 7. The van der Waals surface area contributed by atoms with E-state index < -0.39 is 45.8 Å². The smallest absolute Gasteiger partial charge is 0.261 e. The molecule has 0 unspecified atom stereocenters. The maximum Gasteiger partial charge on any atom is 0.261 e. The van der Waals surface area contributed by atoms with Crippen molar-refractivity contribution in [2.75, 3.05) is 32.5 Å². The van der Waals surface area contributed by atoms with Gasteiger partial charge in [-0.15, -0.1) is 0 Å². The van der Waals surface area contributed by atoms with E-state index in [9.17, 15) is 32.0 Å². The molecule has 212 valence electrons. The van der Waals surface area contributed by atoms with E-state index in [4.69, 9.17) is 5.10 Å². The number of piperidine rings is 1. The van der Waals surface area contributed by atoms with Crippen LogP contribution in [0, 0.1) is 17.2 Å². The minimum Gasteiger partial charge on any atom is -0.342 e. The highest BCUT2D eigenvalue weighted by Crippen LogP contribution is 2.44. The van der Waals surface area contributed by atoms with E-state index in [2.05, 4.69) is 16.4 Å². The molecule has 3 heterocycles. The number of nitrogens with one attached hydrogen (secondary N) is 2. The quantitative estimate of drug-likeness (QED) is 0.442. The number of sulfonamides is 1. The lowest BCUT2D eigenvalue weighted by Crippen LogP contribution is -2.52. The van der Waals surface area contributed by atoms with Crippen LogP contribution in [0.4, 0.5) is 20.3 Å². The fraction of sp³-hybridized carbons (Fsp3) is 0.462. The van der Waals surface area contributed by atoms with E-state index in [1.807, 2.05) is 0 Å². The molecule has 0 radical (unpaired) electrons. The molecule has 2 fully saturated rings. The topological polar surface area (TPSA) is 144 Å². The Morgan fingerprint density at radius 2 is 1.90 bits per heavy atom. The number of carbonyl (C=O) groups excluding carboxylic acids is 1. The molecule has 2 aliphatic rings. The molecule has 11 nitrogen and oxygen atoms in total. The van der Waals surface area contributed by atoms with Crippen LogP contribution in [0.1, 0.15) is 32.1 Å². The highest BCUT2D eigenvalue weighted by molar-refractivity contribution is 7.89. The number of benzene rings is 1. The second-order valence-corrected chi connectivity index (χ2v) is 12.7. The van der Waals surface area contributed by atoms with Crippen LogP contribution in [0.2, 0.25) is 0 Å². The summed E-state index contributed by atoms with van der Waals surface area (Å²) in [5, 5.41) is 17.7. The zero-order chi connectivity index (χ0) is 28.9. The Balaban J connectivity index is 1.51. The molecule has 1 aliphatic heterocycles. The highest BCUT2D eigenvalue weighted by atomic mass is 32.2. The lowest BCUT2D eigenvalue weighted by molar-refractivity contribution is -0.161. The molecule has 14 heteroatoms. The standard InChI is InChI=1S/C26H29F2N7O4S/c1-33(2)40(38,39)20-6-4-3-5-18(20)31-22-21-19(7-12-30-23(21)36)35(32-22)25(8-11-29)9-13-34(14-10-25)24(37)17-15-26(27,28)16-17/h3-7,12,17H,8-10,13-16H2,1-2H3,(H,30,36)(H,31,32). The van der Waals surface area contributed by atoms with Gasteiger partial charge in [-0.05, 0) is 31.0 Å². The number of nitriles is 1. The largest absolute Gasteiger partial charge is 0.342 e. The van der Waals surface area contributed by atoms with Gasteiger partial charge in [-0.25, -0.2) is 21.5 Å². The van der Waals surface area contributed by atoms with Crippen molar-refractivity contribution < 1.29 is 22.0 Å². The van der Waals surface area contributed by atoms with Gasteiger partial charge >= 0.3 is 0 Å². The van der Waals surface area contributed by atoms with Gasteiger partial charge in [-0.3, -0.25) is 14.3 Å². The molecule has 1 saturated carbocycles. The number of pyridine rings is 1. The van der Waals surface area contributed by atoms with Crippen molar-refractivity contribution in [2.24, 2.45) is 5.92 Å². The maximum absolute atomic E-state index is 13.3. The fourth-order valence-corrected chi connectivity index (χ4v) is 6.53. The number of amides is 1. The van der Waals surface area contributed by atoms with Gasteiger partial charge < -0.3 is 15.2 Å². The number of hydrogen-bond donors (Lipinski definition) is 2. The SMILES string of the molecule is CN(C)S(=O)(=O)c1ccccc1Nc1nn(C2(CC#N)CCN(C(=O)C3CC(F)(F)C3)CC2)c2cc[nH]c(=O)c12. The van der Waals surface area contributed by atoms with Crippen LogP contribution < -0.4 is 10.9 Å². The minimum absolute atomic E-state index is 0.00445. The van der Waals surface area contributed by atoms with Crippen molar-refractivity contribution in [3.8, 4) is 6.07 Å². The summed E-state index contributed by atoms with van der Waals surface area (Å²) < 4.78 is 55.3. The number of fused-ring (bicyclic) bond motifs is 1. The van der Waals surface area contributed by atoms with Gasteiger partial charge in [-0.2, -0.15) is 10.4 Å². The zero-order valence-electron chi connectivity index (χ0n) is 22.0. The fourth-order valence-electron chi connectivity index (χ4n) is 5.49. The van der Waals surface area contributed by atoms with Crippen LogP contribution >= 0.6 is 0 Å². The zero-order valence-corrected chi connectivity index (χ0v) is 22.8. The molecule has 0 bridgehead atoms. The molecule has 1 saturated heterocycles. The van der Waals surface area contributed by atoms with Crippen molar-refractivity contribution >= 4 is 38.3 Å². The monoisotopic (exact) mass is 573 g/mol. The summed E-state index contributed by atoms with van der Waals surface area (Å²) in [6.07, 6.45) is 1.25. The second-order valence-electron chi connectivity index (χ2n) is 10.6. The molecule has 0 spiro atoms. The van der Waals surface area contributed by atoms with Gasteiger partial charge in [0.1, 0.15) is 10.3 Å². The van der Waals surface area contributed by atoms with Crippen molar-refractivity contribution in [3.05, 3.63) is 46.9 Å². The Morgan fingerprint density at radius 1 is 1.23 bits per heavy atom. The number of carbonyl (C=O) groups is 1. The van der Waals surface area contributed by atoms with Crippen LogP contribution in [0.5, 0.6) is 0 Å². The Kier molecular flexibility index (Phi) is 6.91. The number of halogens is 2. The predicted molar refractivity (Wildman–Crippen MR) is 143 cm³/mol. The molecule has 1 aromatic carbocycles. The van der Waals surface area contributed by atoms with Gasteiger partial charge in [0, 0.05) is 52.1 Å². The number of aromatic nitrogens is 3. The van der Waals surface area contributed by atoms with Gasteiger partial charge in [0.15, 0.2) is 5.82 Å². The summed E-state index contributed by atoms with van der Waals surface area (Å²) in [7, 11) is -0.995. The summed E-state index contributed by atoms with van der Waals surface area (Å²) in [6, 6.07) is 10.1. The molecule has 2 aromatic heterocycles. The molecule has 5 rings (SSSR count). The molecule has 0 atom stereocenters. The van der Waals surface area contributed by atoms with Crippen molar-refractivity contribution in [3.63, 3.8) is 0 Å². The number of para-hydroxylation sites is 1. The number of nitrogens with zero attached hydrogens (tertiary/aromatic N) is 5. The number of likely N-dealkylation sites (tertiary alicyclic amines) is 1. The molecular formula is C26H29F2N7O4S. The van der Waals surface area contributed by atoms with E-state index in [1.54, 1.807) is 33.8 Å². The van der Waals surface area contributed by atoms with E-state index in [0.717, 1.165) is 4.31 Å². The van der Waals surface area contributed by atoms with Crippen LogP contribution in [0.15, 0.2) is 46.2 Å². The normalized spacial score (nSPS) is 18.9. The Hall–Kier alpha value is -3.83. The van der Waals surface area contributed by atoms with E-state index in [1.165, 1.54) is 26.4 Å². The summed E-state index contributed by atoms with van der Waals surface area (Å²) in [5.41, 5.74) is -0.674. The van der Waals surface area contributed by atoms with Crippen molar-refractivity contribution in [1.82, 2.24) is 24.0 Å². The summed E-state index contributed by atoms with van der Waals surface area (Å²) in [6.45, 7) is 0.500. The number of alkyl halides is 2. The molecule has 1 aliphatic carbocycles. The van der Waals surface area contributed by atoms with Crippen LogP contribution in [-0.2, 0) is 20.4 Å². The van der Waals surface area contributed by atoms with Gasteiger partial charge in [0.25, 0.3) is 5.56 Å². The van der Waals surface area contributed by atoms with Gasteiger partial charge in [-0.1, -0.05) is 12.1 Å². The summed E-state index contributed by atoms with van der Waals surface area (Å²) in [5.74, 6) is -3.68. The molecule has 2 N–H and O–H groups in total. The Labute approximate surface area is 229 Å². The summed E-state index contributed by atoms with van der Waals surface area (Å²) >= 11 is 0. The average Bonchev–Trinajstić information content (AvgIpc) is 3.27. The number of H-pyrrole nitrogens is 1. The first-order valence-electron chi connectivity index (χ1n) is 12.8. The Bertz CT molecular complexity index is 1660. The van der Waals surface area contributed by atoms with Crippen LogP contribution in [-0.4, -0.2) is 71.4 Å². The van der Waals surface area contributed by atoms with E-state index in [-0.39, 0.29) is 47.2 Å². The molecule has 1 amide bonds. The van der Waals surface area contributed by atoms with Gasteiger partial charge in [0.2, 0.25) is 21.9 Å². The lowest BCUT2D eigenvalue weighted by atomic mass is 9.79. The predicted octanol–water partition coefficient (Wildman–Crippen LogP) is 3.00. The summed E-state index contributed by atoms with van der Waals surface area (Å²) in [4.78, 5) is 30.0. The molecule has 40 heavy (non-hydrogen) atoms. The second kappa shape index (κ2) is 9.97. The number of anilines is 2.